The monoisotopic (exact) mass is 264 g/mol. The lowest BCUT2D eigenvalue weighted by Crippen LogP contribution is -2.53. The standard InChI is InChI=1S/C12H18F2O4/c1-3-17-10(16)12(13,14)9(15)11(18-4-2)7-5-6-8-11/h3-8H2,1-2H3. The Labute approximate surface area is 105 Å². The quantitative estimate of drug-likeness (QED) is 0.544. The number of ether oxygens (including phenoxy) is 2. The number of halogens is 2. The van der Waals surface area contributed by atoms with Crippen molar-refractivity contribution in [2.75, 3.05) is 13.2 Å². The third kappa shape index (κ3) is 2.68. The SMILES string of the molecule is CCOC(=O)C(F)(F)C(=O)C1(OCC)CCCC1. The number of carbonyl (C=O) groups is 2. The van der Waals surface area contributed by atoms with Crippen LogP contribution in [0.15, 0.2) is 0 Å². The van der Waals surface area contributed by atoms with Crippen molar-refractivity contribution in [3.8, 4) is 0 Å². The van der Waals surface area contributed by atoms with Crippen LogP contribution in [0.4, 0.5) is 8.78 Å². The maximum atomic E-state index is 13.7. The second kappa shape index (κ2) is 5.73. The van der Waals surface area contributed by atoms with Gasteiger partial charge < -0.3 is 9.47 Å². The Balaban J connectivity index is 2.92. The van der Waals surface area contributed by atoms with Crippen LogP contribution < -0.4 is 0 Å². The van der Waals surface area contributed by atoms with Gasteiger partial charge in [-0.3, -0.25) is 4.79 Å². The first kappa shape index (κ1) is 15.0. The predicted octanol–water partition coefficient (Wildman–Crippen LogP) is 2.10. The molecule has 0 aromatic heterocycles. The van der Waals surface area contributed by atoms with Crippen molar-refractivity contribution in [3.05, 3.63) is 0 Å². The van der Waals surface area contributed by atoms with E-state index in [4.69, 9.17) is 4.74 Å². The van der Waals surface area contributed by atoms with E-state index in [1.807, 2.05) is 0 Å². The molecule has 18 heavy (non-hydrogen) atoms. The molecule has 0 bridgehead atoms. The molecule has 1 fully saturated rings. The van der Waals surface area contributed by atoms with E-state index in [0.717, 1.165) is 0 Å². The minimum atomic E-state index is -4.13. The van der Waals surface area contributed by atoms with Crippen LogP contribution in [0.2, 0.25) is 0 Å². The van der Waals surface area contributed by atoms with E-state index in [9.17, 15) is 18.4 Å². The zero-order valence-corrected chi connectivity index (χ0v) is 10.6. The summed E-state index contributed by atoms with van der Waals surface area (Å²) in [5.74, 6) is -7.39. The van der Waals surface area contributed by atoms with Gasteiger partial charge in [0.25, 0.3) is 0 Å². The van der Waals surface area contributed by atoms with Crippen LogP contribution in [0.1, 0.15) is 39.5 Å². The van der Waals surface area contributed by atoms with Crippen LogP contribution in [0, 0.1) is 0 Å². The largest absolute Gasteiger partial charge is 0.461 e. The summed E-state index contributed by atoms with van der Waals surface area (Å²) in [5, 5.41) is 0. The molecule has 0 radical (unpaired) electrons. The molecular formula is C12H18F2O4. The number of esters is 1. The Morgan fingerprint density at radius 1 is 1.17 bits per heavy atom. The van der Waals surface area contributed by atoms with Crippen LogP contribution in [-0.4, -0.2) is 36.5 Å². The van der Waals surface area contributed by atoms with Gasteiger partial charge in [-0.05, 0) is 39.5 Å². The van der Waals surface area contributed by atoms with Crippen LogP contribution in [0.5, 0.6) is 0 Å². The summed E-state index contributed by atoms with van der Waals surface area (Å²) >= 11 is 0. The number of Topliss-reactive ketones (excluding diaryl/α,β-unsaturated/α-hetero) is 1. The maximum absolute atomic E-state index is 13.7. The molecule has 1 aliphatic carbocycles. The molecule has 104 valence electrons. The molecule has 6 heteroatoms. The highest BCUT2D eigenvalue weighted by atomic mass is 19.3. The molecule has 0 heterocycles. The highest BCUT2D eigenvalue weighted by Gasteiger charge is 2.59. The fraction of sp³-hybridized carbons (Fsp3) is 0.833. The van der Waals surface area contributed by atoms with Gasteiger partial charge in [-0.2, -0.15) is 8.78 Å². The average molecular weight is 264 g/mol. The van der Waals surface area contributed by atoms with E-state index in [-0.39, 0.29) is 26.1 Å². The van der Waals surface area contributed by atoms with Crippen LogP contribution in [0.3, 0.4) is 0 Å². The fourth-order valence-electron chi connectivity index (χ4n) is 2.26. The number of alkyl halides is 2. The van der Waals surface area contributed by atoms with Gasteiger partial charge in [0.05, 0.1) is 6.61 Å². The number of carbonyl (C=O) groups excluding carboxylic acids is 2. The number of ketones is 1. The van der Waals surface area contributed by atoms with Crippen molar-refractivity contribution in [1.29, 1.82) is 0 Å². The van der Waals surface area contributed by atoms with Crippen molar-refractivity contribution in [2.45, 2.75) is 51.1 Å². The maximum Gasteiger partial charge on any atom is 0.402 e. The highest BCUT2D eigenvalue weighted by molar-refractivity contribution is 6.09. The molecule has 0 aliphatic heterocycles. The molecule has 0 N–H and O–H groups in total. The Morgan fingerprint density at radius 2 is 1.72 bits per heavy atom. The van der Waals surface area contributed by atoms with E-state index in [1.165, 1.54) is 6.92 Å². The molecule has 1 saturated carbocycles. The lowest BCUT2D eigenvalue weighted by Gasteiger charge is -2.29. The zero-order valence-electron chi connectivity index (χ0n) is 10.6. The number of hydrogen-bond donors (Lipinski definition) is 0. The predicted molar refractivity (Wildman–Crippen MR) is 59.4 cm³/mol. The Kier molecular flexibility index (Phi) is 4.78. The van der Waals surface area contributed by atoms with Crippen molar-refractivity contribution in [1.82, 2.24) is 0 Å². The molecule has 0 amide bonds. The fourth-order valence-corrected chi connectivity index (χ4v) is 2.26. The Hall–Kier alpha value is -1.04. The van der Waals surface area contributed by atoms with Crippen LogP contribution in [0.25, 0.3) is 0 Å². The van der Waals surface area contributed by atoms with E-state index in [2.05, 4.69) is 4.74 Å². The van der Waals surface area contributed by atoms with Gasteiger partial charge in [0.2, 0.25) is 5.78 Å². The summed E-state index contributed by atoms with van der Waals surface area (Å²) in [6.07, 6.45) is 1.75. The van der Waals surface area contributed by atoms with Crippen molar-refractivity contribution in [2.24, 2.45) is 0 Å². The third-order valence-corrected chi connectivity index (χ3v) is 3.06. The van der Waals surface area contributed by atoms with Gasteiger partial charge in [-0.1, -0.05) is 0 Å². The smallest absolute Gasteiger partial charge is 0.402 e. The molecular weight excluding hydrogens is 246 g/mol. The Morgan fingerprint density at radius 3 is 2.17 bits per heavy atom. The summed E-state index contributed by atoms with van der Waals surface area (Å²) in [5.41, 5.74) is -1.52. The van der Waals surface area contributed by atoms with Crippen molar-refractivity contribution in [3.63, 3.8) is 0 Å². The molecule has 1 rings (SSSR count). The molecule has 0 aromatic carbocycles. The minimum absolute atomic E-state index is 0.157. The summed E-state index contributed by atoms with van der Waals surface area (Å²) in [6, 6.07) is 0. The van der Waals surface area contributed by atoms with Crippen LogP contribution in [-0.2, 0) is 19.1 Å². The highest BCUT2D eigenvalue weighted by Crippen LogP contribution is 2.39. The summed E-state index contributed by atoms with van der Waals surface area (Å²) in [4.78, 5) is 23.1. The molecule has 0 spiro atoms. The van der Waals surface area contributed by atoms with Crippen molar-refractivity contribution < 1.29 is 27.8 Å². The van der Waals surface area contributed by atoms with Gasteiger partial charge in [0.1, 0.15) is 5.60 Å². The summed E-state index contributed by atoms with van der Waals surface area (Å²) in [6.45, 7) is 3.01. The van der Waals surface area contributed by atoms with E-state index in [0.29, 0.717) is 12.8 Å². The second-order valence-electron chi connectivity index (χ2n) is 4.26. The lowest BCUT2D eigenvalue weighted by atomic mass is 9.91. The summed E-state index contributed by atoms with van der Waals surface area (Å²) < 4.78 is 36.9. The first-order valence-corrected chi connectivity index (χ1v) is 6.14. The number of rotatable bonds is 6. The molecule has 0 aromatic rings. The summed E-state index contributed by atoms with van der Waals surface area (Å²) in [7, 11) is 0. The van der Waals surface area contributed by atoms with Gasteiger partial charge >= 0.3 is 11.9 Å². The van der Waals surface area contributed by atoms with Gasteiger partial charge in [0.15, 0.2) is 0 Å². The number of hydrogen-bond acceptors (Lipinski definition) is 4. The van der Waals surface area contributed by atoms with Gasteiger partial charge in [-0.15, -0.1) is 0 Å². The normalized spacial score (nSPS) is 18.7. The topological polar surface area (TPSA) is 52.6 Å². The van der Waals surface area contributed by atoms with Gasteiger partial charge in [0, 0.05) is 6.61 Å². The van der Waals surface area contributed by atoms with Crippen LogP contribution >= 0.6 is 0 Å². The molecule has 0 atom stereocenters. The van der Waals surface area contributed by atoms with E-state index >= 15 is 0 Å². The molecule has 1 aliphatic rings. The lowest BCUT2D eigenvalue weighted by molar-refractivity contribution is -0.188. The Bertz CT molecular complexity index is 322. The molecule has 0 saturated heterocycles. The first-order valence-electron chi connectivity index (χ1n) is 6.14. The van der Waals surface area contributed by atoms with E-state index < -0.39 is 23.3 Å². The second-order valence-corrected chi connectivity index (χ2v) is 4.26. The average Bonchev–Trinajstić information content (AvgIpc) is 2.78. The van der Waals surface area contributed by atoms with E-state index in [1.54, 1.807) is 6.92 Å². The molecule has 0 unspecified atom stereocenters. The first-order chi connectivity index (χ1) is 8.40. The minimum Gasteiger partial charge on any atom is -0.461 e. The molecule has 4 nitrogen and oxygen atoms in total. The zero-order chi connectivity index (χ0) is 13.8. The van der Waals surface area contributed by atoms with Crippen molar-refractivity contribution >= 4 is 11.8 Å². The third-order valence-electron chi connectivity index (χ3n) is 3.06. The van der Waals surface area contributed by atoms with Gasteiger partial charge in [-0.25, -0.2) is 4.79 Å².